The Morgan fingerprint density at radius 2 is 2.05 bits per heavy atom. The van der Waals surface area contributed by atoms with E-state index < -0.39 is 24.0 Å². The van der Waals surface area contributed by atoms with Gasteiger partial charge in [-0.05, 0) is 18.2 Å². The van der Waals surface area contributed by atoms with Crippen LogP contribution in [-0.4, -0.2) is 45.7 Å². The van der Waals surface area contributed by atoms with E-state index in [9.17, 15) is 14.7 Å². The molecule has 0 aliphatic carbocycles. The van der Waals surface area contributed by atoms with Crippen LogP contribution in [0.3, 0.4) is 0 Å². The van der Waals surface area contributed by atoms with Crippen molar-refractivity contribution >= 4 is 29.2 Å². The zero-order valence-corrected chi connectivity index (χ0v) is 10.7. The predicted molar refractivity (Wildman–Crippen MR) is 68.9 cm³/mol. The van der Waals surface area contributed by atoms with Crippen LogP contribution in [0.2, 0.25) is 5.02 Å². The lowest BCUT2D eigenvalue weighted by molar-refractivity contribution is -0.141. The van der Waals surface area contributed by atoms with Gasteiger partial charge in [-0.2, -0.15) is 0 Å². The summed E-state index contributed by atoms with van der Waals surface area (Å²) in [7, 11) is 0. The second-order valence-corrected chi connectivity index (χ2v) is 4.91. The molecule has 0 saturated carbocycles. The van der Waals surface area contributed by atoms with Gasteiger partial charge >= 0.3 is 5.97 Å². The van der Waals surface area contributed by atoms with E-state index in [2.05, 4.69) is 0 Å². The van der Waals surface area contributed by atoms with Gasteiger partial charge in [0, 0.05) is 29.2 Å². The number of carboxylic acids is 1. The minimum absolute atomic E-state index is 0.0117. The van der Waals surface area contributed by atoms with Crippen LogP contribution < -0.4 is 5.73 Å². The van der Waals surface area contributed by atoms with Gasteiger partial charge in [0.1, 0.15) is 6.04 Å². The normalized spacial score (nSPS) is 22.5. The Morgan fingerprint density at radius 3 is 2.63 bits per heavy atom. The van der Waals surface area contributed by atoms with E-state index in [4.69, 9.17) is 22.4 Å². The summed E-state index contributed by atoms with van der Waals surface area (Å²) in [6, 6.07) is 3.32. The Bertz CT molecular complexity index is 514. The average molecular weight is 285 g/mol. The molecule has 0 radical (unpaired) electrons. The second-order valence-electron chi connectivity index (χ2n) is 4.47. The van der Waals surface area contributed by atoms with Gasteiger partial charge in [0.05, 0.1) is 6.10 Å². The van der Waals surface area contributed by atoms with Gasteiger partial charge in [0.25, 0.3) is 5.91 Å². The average Bonchev–Trinajstić information content (AvgIpc) is 2.69. The number of nitrogens with zero attached hydrogens (tertiary/aromatic N) is 1. The molecule has 1 saturated heterocycles. The standard InChI is InChI=1S/C12H13ClN2O4/c13-7-1-6(2-8(14)3-7)11(17)15-5-9(16)4-10(15)12(18)19/h1-3,9-10,16H,4-5,14H2,(H,18,19)/t9-,10-/m1/s1. The summed E-state index contributed by atoms with van der Waals surface area (Å²) in [6.45, 7) is -0.0117. The number of β-amino-alcohol motifs (C(OH)–C–C–N with tert-alkyl or cyclic N) is 1. The topological polar surface area (TPSA) is 104 Å². The SMILES string of the molecule is Nc1cc(Cl)cc(C(=O)N2C[C@H](O)C[C@@H]2C(=O)O)c1. The quantitative estimate of drug-likeness (QED) is 0.689. The molecule has 1 aromatic carbocycles. The van der Waals surface area contributed by atoms with Gasteiger partial charge in [-0.3, -0.25) is 4.79 Å². The van der Waals surface area contributed by atoms with Gasteiger partial charge in [-0.1, -0.05) is 11.6 Å². The maximum absolute atomic E-state index is 12.2. The number of benzene rings is 1. The first-order valence-corrected chi connectivity index (χ1v) is 6.04. The lowest BCUT2D eigenvalue weighted by atomic mass is 10.1. The smallest absolute Gasteiger partial charge is 0.326 e. The highest BCUT2D eigenvalue weighted by molar-refractivity contribution is 6.31. The second kappa shape index (κ2) is 5.07. The molecular formula is C12H13ClN2O4. The highest BCUT2D eigenvalue weighted by Crippen LogP contribution is 2.23. The number of hydrogen-bond donors (Lipinski definition) is 3. The molecule has 7 heteroatoms. The van der Waals surface area contributed by atoms with Crippen molar-refractivity contribution in [1.82, 2.24) is 4.90 Å². The van der Waals surface area contributed by atoms with Crippen LogP contribution in [-0.2, 0) is 4.79 Å². The number of rotatable bonds is 2. The molecule has 1 aromatic rings. The predicted octanol–water partition coefficient (Wildman–Crippen LogP) is 0.582. The Balaban J connectivity index is 2.30. The van der Waals surface area contributed by atoms with Crippen LogP contribution in [0.4, 0.5) is 5.69 Å². The van der Waals surface area contributed by atoms with Crippen molar-refractivity contribution in [3.8, 4) is 0 Å². The van der Waals surface area contributed by atoms with Gasteiger partial charge in [-0.25, -0.2) is 4.79 Å². The number of nitrogen functional groups attached to an aromatic ring is 1. The highest BCUT2D eigenvalue weighted by Gasteiger charge is 2.39. The monoisotopic (exact) mass is 284 g/mol. The molecule has 6 nitrogen and oxygen atoms in total. The molecule has 2 atom stereocenters. The fraction of sp³-hybridized carbons (Fsp3) is 0.333. The minimum atomic E-state index is -1.14. The Hall–Kier alpha value is -1.79. The number of halogens is 1. The van der Waals surface area contributed by atoms with Crippen LogP contribution in [0.25, 0.3) is 0 Å². The number of aliphatic hydroxyl groups excluding tert-OH is 1. The summed E-state index contributed by atoms with van der Waals surface area (Å²) in [5.41, 5.74) is 6.13. The van der Waals surface area contributed by atoms with E-state index in [1.807, 2.05) is 0 Å². The molecule has 1 amide bonds. The largest absolute Gasteiger partial charge is 0.480 e. The molecule has 0 spiro atoms. The van der Waals surface area contributed by atoms with E-state index in [-0.39, 0.29) is 18.5 Å². The summed E-state index contributed by atoms with van der Waals surface area (Å²) in [4.78, 5) is 24.4. The number of anilines is 1. The number of carboxylic acid groups (broad SMARTS) is 1. The molecule has 0 bridgehead atoms. The van der Waals surface area contributed by atoms with E-state index in [1.165, 1.54) is 18.2 Å². The zero-order chi connectivity index (χ0) is 14.2. The molecule has 0 unspecified atom stereocenters. The molecule has 4 N–H and O–H groups in total. The van der Waals surface area contributed by atoms with Crippen molar-refractivity contribution in [2.75, 3.05) is 12.3 Å². The van der Waals surface area contributed by atoms with E-state index >= 15 is 0 Å². The molecule has 2 rings (SSSR count). The Morgan fingerprint density at radius 1 is 1.37 bits per heavy atom. The maximum atomic E-state index is 12.2. The summed E-state index contributed by atoms with van der Waals surface area (Å²) in [6.07, 6.45) is -0.807. The molecule has 1 aliphatic heterocycles. The van der Waals surface area contributed by atoms with Crippen molar-refractivity contribution in [2.45, 2.75) is 18.6 Å². The van der Waals surface area contributed by atoms with Crippen LogP contribution in [0.1, 0.15) is 16.8 Å². The number of nitrogens with two attached hydrogens (primary N) is 1. The number of carbonyl (C=O) groups excluding carboxylic acids is 1. The first kappa shape index (κ1) is 13.6. The zero-order valence-electron chi connectivity index (χ0n) is 9.91. The van der Waals surface area contributed by atoms with Crippen LogP contribution >= 0.6 is 11.6 Å². The van der Waals surface area contributed by atoms with E-state index in [1.54, 1.807) is 0 Å². The number of aliphatic carboxylic acids is 1. The third kappa shape index (κ3) is 2.80. The summed E-state index contributed by atoms with van der Waals surface area (Å²) >= 11 is 5.81. The van der Waals surface area contributed by atoms with Crippen LogP contribution in [0, 0.1) is 0 Å². The molecule has 102 valence electrons. The molecule has 1 heterocycles. The summed E-state index contributed by atoms with van der Waals surface area (Å²) in [5.74, 6) is -1.64. The number of aliphatic hydroxyl groups is 1. The molecule has 1 aliphatic rings. The van der Waals surface area contributed by atoms with Crippen LogP contribution in [0.5, 0.6) is 0 Å². The molecule has 1 fully saturated rings. The van der Waals surface area contributed by atoms with E-state index in [0.717, 1.165) is 4.90 Å². The van der Waals surface area contributed by atoms with Gasteiger partial charge in [0.15, 0.2) is 0 Å². The highest BCUT2D eigenvalue weighted by atomic mass is 35.5. The number of carbonyl (C=O) groups is 2. The maximum Gasteiger partial charge on any atom is 0.326 e. The van der Waals surface area contributed by atoms with Crippen molar-refractivity contribution in [3.63, 3.8) is 0 Å². The van der Waals surface area contributed by atoms with Crippen molar-refractivity contribution < 1.29 is 19.8 Å². The Labute approximate surface area is 114 Å². The third-order valence-corrected chi connectivity index (χ3v) is 3.21. The first-order chi connectivity index (χ1) is 8.88. The molecular weight excluding hydrogens is 272 g/mol. The van der Waals surface area contributed by atoms with Gasteiger partial charge in [0.2, 0.25) is 0 Å². The summed E-state index contributed by atoms with van der Waals surface area (Å²) in [5, 5.41) is 18.9. The van der Waals surface area contributed by atoms with Gasteiger partial charge in [-0.15, -0.1) is 0 Å². The number of hydrogen-bond acceptors (Lipinski definition) is 4. The summed E-state index contributed by atoms with van der Waals surface area (Å²) < 4.78 is 0. The van der Waals surface area contributed by atoms with Crippen molar-refractivity contribution in [3.05, 3.63) is 28.8 Å². The molecule has 0 aromatic heterocycles. The number of amides is 1. The van der Waals surface area contributed by atoms with Crippen molar-refractivity contribution in [2.24, 2.45) is 0 Å². The fourth-order valence-electron chi connectivity index (χ4n) is 2.17. The lowest BCUT2D eigenvalue weighted by Crippen LogP contribution is -2.40. The Kier molecular flexibility index (Phi) is 3.64. The third-order valence-electron chi connectivity index (χ3n) is 2.99. The first-order valence-electron chi connectivity index (χ1n) is 5.66. The molecule has 19 heavy (non-hydrogen) atoms. The van der Waals surface area contributed by atoms with Gasteiger partial charge < -0.3 is 20.8 Å². The lowest BCUT2D eigenvalue weighted by Gasteiger charge is -2.21. The number of likely N-dealkylation sites (tertiary alicyclic amines) is 1. The van der Waals surface area contributed by atoms with Crippen LogP contribution in [0.15, 0.2) is 18.2 Å². The van der Waals surface area contributed by atoms with E-state index in [0.29, 0.717) is 10.7 Å². The minimum Gasteiger partial charge on any atom is -0.480 e. The van der Waals surface area contributed by atoms with Crippen molar-refractivity contribution in [1.29, 1.82) is 0 Å². The fourth-order valence-corrected chi connectivity index (χ4v) is 2.42.